The molecule has 0 amide bonds. The van der Waals surface area contributed by atoms with Crippen molar-refractivity contribution in [3.63, 3.8) is 0 Å². The van der Waals surface area contributed by atoms with E-state index >= 15 is 0 Å². The van der Waals surface area contributed by atoms with Gasteiger partial charge < -0.3 is 4.90 Å². The summed E-state index contributed by atoms with van der Waals surface area (Å²) in [4.78, 5) is 16.4. The third-order valence-corrected chi connectivity index (χ3v) is 6.01. The minimum Gasteiger partial charge on any atom is -0.344 e. The van der Waals surface area contributed by atoms with Crippen molar-refractivity contribution < 1.29 is 4.39 Å². The smallest absolute Gasteiger partial charge is 0.237 e. The minimum atomic E-state index is -0.280. The summed E-state index contributed by atoms with van der Waals surface area (Å²) in [5, 5.41) is 8.54. The van der Waals surface area contributed by atoms with Crippen LogP contribution in [0.4, 0.5) is 10.2 Å². The molecule has 31 heavy (non-hydrogen) atoms. The van der Waals surface area contributed by atoms with Gasteiger partial charge in [-0.3, -0.25) is 9.13 Å². The normalized spacial score (nSPS) is 17.5. The number of nitrogens with zero attached hydrogens (tertiary/aromatic N) is 8. The summed E-state index contributed by atoms with van der Waals surface area (Å²) in [5.74, 6) is 3.43. The number of hydrogen-bond donors (Lipinski definition) is 0. The molecule has 4 aromatic rings. The van der Waals surface area contributed by atoms with Crippen LogP contribution in [0, 0.1) is 11.7 Å². The standard InChI is InChI=1S/C22H21FN8/c1-2-17-21-28-26-13-31(21)18-11-25-22(27-20(18)30(17)12-14-3-4-14)29-10-9-24-19(29)15-5-7-16(23)8-6-15/h5-11,13-14,17H,2-4,12H2,1H3/t17-/m1/s1. The number of rotatable bonds is 5. The van der Waals surface area contributed by atoms with Crippen molar-refractivity contribution in [2.24, 2.45) is 5.92 Å². The summed E-state index contributed by atoms with van der Waals surface area (Å²) >= 11 is 0. The number of fused-ring (bicyclic) bond motifs is 3. The summed E-state index contributed by atoms with van der Waals surface area (Å²) in [5.41, 5.74) is 1.69. The van der Waals surface area contributed by atoms with Gasteiger partial charge in [0.25, 0.3) is 0 Å². The van der Waals surface area contributed by atoms with E-state index in [0.29, 0.717) is 17.7 Å². The van der Waals surface area contributed by atoms with E-state index in [-0.39, 0.29) is 11.9 Å². The van der Waals surface area contributed by atoms with Gasteiger partial charge in [-0.25, -0.2) is 14.4 Å². The van der Waals surface area contributed by atoms with Crippen molar-refractivity contribution in [1.82, 2.24) is 34.3 Å². The fourth-order valence-electron chi connectivity index (χ4n) is 4.27. The average Bonchev–Trinajstić information content (AvgIpc) is 3.25. The lowest BCUT2D eigenvalue weighted by Gasteiger charge is -2.37. The Bertz CT molecular complexity index is 1240. The molecule has 1 fully saturated rings. The summed E-state index contributed by atoms with van der Waals surface area (Å²) in [6, 6.07) is 6.40. The Balaban J connectivity index is 1.48. The van der Waals surface area contributed by atoms with E-state index in [1.54, 1.807) is 24.7 Å². The minimum absolute atomic E-state index is 0.123. The second kappa shape index (κ2) is 6.97. The number of hydrogen-bond acceptors (Lipinski definition) is 6. The Morgan fingerprint density at radius 1 is 1.10 bits per heavy atom. The van der Waals surface area contributed by atoms with Gasteiger partial charge in [0, 0.05) is 24.5 Å². The molecule has 156 valence electrons. The van der Waals surface area contributed by atoms with Crippen LogP contribution in [0.1, 0.15) is 38.1 Å². The van der Waals surface area contributed by atoms with Gasteiger partial charge in [-0.1, -0.05) is 6.92 Å². The van der Waals surface area contributed by atoms with Gasteiger partial charge in [-0.05, 0) is 49.4 Å². The Labute approximate surface area is 178 Å². The van der Waals surface area contributed by atoms with Crippen molar-refractivity contribution in [1.29, 1.82) is 0 Å². The number of benzene rings is 1. The highest BCUT2D eigenvalue weighted by Crippen LogP contribution is 2.41. The van der Waals surface area contributed by atoms with Crippen LogP contribution < -0.4 is 4.90 Å². The van der Waals surface area contributed by atoms with Crippen molar-refractivity contribution >= 4 is 5.82 Å². The largest absolute Gasteiger partial charge is 0.344 e. The molecule has 6 rings (SSSR count). The highest BCUT2D eigenvalue weighted by atomic mass is 19.1. The van der Waals surface area contributed by atoms with Gasteiger partial charge in [0.2, 0.25) is 5.95 Å². The molecule has 2 aliphatic rings. The molecule has 1 aliphatic heterocycles. The van der Waals surface area contributed by atoms with Crippen molar-refractivity contribution in [3.05, 3.63) is 60.8 Å². The number of anilines is 1. The third kappa shape index (κ3) is 2.99. The molecule has 3 aromatic heterocycles. The molecule has 8 nitrogen and oxygen atoms in total. The zero-order valence-electron chi connectivity index (χ0n) is 17.1. The van der Waals surface area contributed by atoms with Gasteiger partial charge in [0.1, 0.15) is 23.7 Å². The van der Waals surface area contributed by atoms with Gasteiger partial charge >= 0.3 is 0 Å². The van der Waals surface area contributed by atoms with Crippen LogP contribution >= 0.6 is 0 Å². The van der Waals surface area contributed by atoms with Crippen molar-refractivity contribution in [2.45, 2.75) is 32.2 Å². The van der Waals surface area contributed by atoms with E-state index in [2.05, 4.69) is 32.0 Å². The fraction of sp³-hybridized carbons (Fsp3) is 0.318. The fourth-order valence-corrected chi connectivity index (χ4v) is 4.27. The number of aromatic nitrogens is 7. The van der Waals surface area contributed by atoms with E-state index in [1.807, 2.05) is 21.5 Å². The molecule has 0 radical (unpaired) electrons. The van der Waals surface area contributed by atoms with Crippen LogP contribution in [0.2, 0.25) is 0 Å². The molecule has 1 atom stereocenters. The maximum atomic E-state index is 13.4. The van der Waals surface area contributed by atoms with E-state index < -0.39 is 0 Å². The number of imidazole rings is 1. The summed E-state index contributed by atoms with van der Waals surface area (Å²) < 4.78 is 17.2. The predicted molar refractivity (Wildman–Crippen MR) is 113 cm³/mol. The first kappa shape index (κ1) is 18.2. The van der Waals surface area contributed by atoms with Crippen molar-refractivity contribution in [2.75, 3.05) is 11.4 Å². The molecule has 0 bridgehead atoms. The van der Waals surface area contributed by atoms with Crippen molar-refractivity contribution in [3.8, 4) is 23.0 Å². The second-order valence-electron chi connectivity index (χ2n) is 8.09. The topological polar surface area (TPSA) is 77.5 Å². The third-order valence-electron chi connectivity index (χ3n) is 6.01. The summed E-state index contributed by atoms with van der Waals surface area (Å²) in [6.45, 7) is 3.11. The van der Waals surface area contributed by atoms with Crippen LogP contribution in [-0.4, -0.2) is 40.8 Å². The Morgan fingerprint density at radius 3 is 2.71 bits per heavy atom. The lowest BCUT2D eigenvalue weighted by Crippen LogP contribution is -2.37. The van der Waals surface area contributed by atoms with Crippen LogP contribution in [0.3, 0.4) is 0 Å². The Kier molecular flexibility index (Phi) is 4.09. The molecule has 1 aliphatic carbocycles. The summed E-state index contributed by atoms with van der Waals surface area (Å²) in [6.07, 6.45) is 10.5. The number of halogens is 1. The van der Waals surface area contributed by atoms with Gasteiger partial charge in [0.05, 0.1) is 12.2 Å². The zero-order chi connectivity index (χ0) is 20.9. The highest BCUT2D eigenvalue weighted by molar-refractivity contribution is 5.63. The lowest BCUT2D eigenvalue weighted by atomic mass is 10.1. The molecule has 4 heterocycles. The van der Waals surface area contributed by atoms with Crippen LogP contribution in [0.25, 0.3) is 23.0 Å². The lowest BCUT2D eigenvalue weighted by molar-refractivity contribution is 0.522. The Morgan fingerprint density at radius 2 is 1.94 bits per heavy atom. The predicted octanol–water partition coefficient (Wildman–Crippen LogP) is 3.73. The SMILES string of the molecule is CC[C@@H]1c2nncn2-c2cnc(-n3ccnc3-c3ccc(F)cc3)nc2N1CC1CC1. The molecule has 1 aromatic carbocycles. The molecular formula is C22H21FN8. The van der Waals surface area contributed by atoms with E-state index in [4.69, 9.17) is 4.98 Å². The first-order valence-corrected chi connectivity index (χ1v) is 10.6. The maximum absolute atomic E-state index is 13.4. The van der Waals surface area contributed by atoms with Crippen LogP contribution in [-0.2, 0) is 0 Å². The first-order chi connectivity index (χ1) is 15.2. The molecule has 0 spiro atoms. The average molecular weight is 416 g/mol. The first-order valence-electron chi connectivity index (χ1n) is 10.6. The monoisotopic (exact) mass is 416 g/mol. The molecule has 0 saturated heterocycles. The molecule has 9 heteroatoms. The quantitative estimate of drug-likeness (QED) is 0.493. The Hall–Kier alpha value is -3.62. The van der Waals surface area contributed by atoms with Gasteiger partial charge in [0.15, 0.2) is 11.6 Å². The van der Waals surface area contributed by atoms with Gasteiger partial charge in [-0.15, -0.1) is 10.2 Å². The maximum Gasteiger partial charge on any atom is 0.237 e. The zero-order valence-corrected chi connectivity index (χ0v) is 17.1. The molecular weight excluding hydrogens is 395 g/mol. The van der Waals surface area contributed by atoms with E-state index in [9.17, 15) is 4.39 Å². The molecule has 0 unspecified atom stereocenters. The molecule has 1 saturated carbocycles. The highest BCUT2D eigenvalue weighted by Gasteiger charge is 2.37. The summed E-state index contributed by atoms with van der Waals surface area (Å²) in [7, 11) is 0. The van der Waals surface area contributed by atoms with Crippen LogP contribution in [0.5, 0.6) is 0 Å². The molecule has 0 N–H and O–H groups in total. The van der Waals surface area contributed by atoms with Gasteiger partial charge in [-0.2, -0.15) is 4.98 Å². The second-order valence-corrected chi connectivity index (χ2v) is 8.09. The van der Waals surface area contributed by atoms with Crippen LogP contribution in [0.15, 0.2) is 49.2 Å². The van der Waals surface area contributed by atoms with E-state index in [0.717, 1.165) is 35.9 Å². The van der Waals surface area contributed by atoms with E-state index in [1.165, 1.54) is 25.0 Å².